The molecule has 2 aromatic heterocycles. The Morgan fingerprint density at radius 3 is 2.84 bits per heavy atom. The van der Waals surface area contributed by atoms with E-state index in [1.54, 1.807) is 13.3 Å². The first-order valence-electron chi connectivity index (χ1n) is 9.84. The van der Waals surface area contributed by atoms with Crippen LogP contribution in [0.2, 0.25) is 0 Å². The number of halogens is 1. The Morgan fingerprint density at radius 2 is 2.16 bits per heavy atom. The van der Waals surface area contributed by atoms with Gasteiger partial charge in [-0.1, -0.05) is 0 Å². The predicted octanol–water partition coefficient (Wildman–Crippen LogP) is 2.07. The van der Waals surface area contributed by atoms with E-state index in [9.17, 15) is 13.4 Å². The Kier molecular flexibility index (Phi) is 7.65. The number of nitrogens with one attached hydrogen (secondary N) is 4. The highest BCUT2D eigenvalue weighted by Crippen LogP contribution is 2.21. The lowest BCUT2D eigenvalue weighted by Gasteiger charge is -2.17. The van der Waals surface area contributed by atoms with Crippen molar-refractivity contribution in [2.24, 2.45) is 0 Å². The first-order valence-corrected chi connectivity index (χ1v) is 11.6. The summed E-state index contributed by atoms with van der Waals surface area (Å²) in [5.41, 5.74) is 2.17. The van der Waals surface area contributed by atoms with E-state index in [0.29, 0.717) is 34.6 Å². The second-order valence-corrected chi connectivity index (χ2v) is 8.72. The Morgan fingerprint density at radius 1 is 1.38 bits per heavy atom. The number of benzene rings is 1. The smallest absolute Gasteiger partial charge is 0.255 e. The van der Waals surface area contributed by atoms with Crippen LogP contribution in [-0.2, 0) is 15.5 Å². The zero-order valence-corrected chi connectivity index (χ0v) is 18.8. The molecular weight excluding hydrogens is 435 g/mol. The van der Waals surface area contributed by atoms with Crippen LogP contribution in [0.15, 0.2) is 30.6 Å². The molecule has 11 heteroatoms. The molecule has 3 aromatic rings. The highest BCUT2D eigenvalue weighted by Gasteiger charge is 2.20. The number of aromatic nitrogens is 3. The van der Waals surface area contributed by atoms with Crippen LogP contribution in [0.25, 0.3) is 11.2 Å². The summed E-state index contributed by atoms with van der Waals surface area (Å²) in [7, 11) is 2.19. The van der Waals surface area contributed by atoms with Gasteiger partial charge in [-0.15, -0.1) is 0 Å². The summed E-state index contributed by atoms with van der Waals surface area (Å²) in [4.78, 5) is 24.6. The second-order valence-electron chi connectivity index (χ2n) is 7.16. The molecule has 0 radical (unpaired) electrons. The predicted molar refractivity (Wildman–Crippen MR) is 122 cm³/mol. The minimum Gasteiger partial charge on any atom is -0.387 e. The summed E-state index contributed by atoms with van der Waals surface area (Å²) in [5, 5.41) is 14.3. The monoisotopic (exact) mass is 460 g/mol. The number of anilines is 1. The van der Waals surface area contributed by atoms with Crippen LogP contribution in [0.3, 0.4) is 0 Å². The number of ether oxygens (including phenoxy) is 1. The van der Waals surface area contributed by atoms with Gasteiger partial charge >= 0.3 is 0 Å². The molecule has 2 atom stereocenters. The average molecular weight is 461 g/mol. The molecule has 0 saturated heterocycles. The quantitative estimate of drug-likeness (QED) is 0.342. The van der Waals surface area contributed by atoms with Gasteiger partial charge in [-0.3, -0.25) is 14.4 Å². The average Bonchev–Trinajstić information content (AvgIpc) is 3.20. The van der Waals surface area contributed by atoms with Gasteiger partial charge in [-0.05, 0) is 24.6 Å². The van der Waals surface area contributed by atoms with Crippen LogP contribution in [0.1, 0.15) is 28.0 Å². The van der Waals surface area contributed by atoms with Gasteiger partial charge in [-0.25, -0.2) is 14.4 Å². The van der Waals surface area contributed by atoms with Crippen molar-refractivity contribution >= 4 is 39.3 Å². The molecular formula is C21H25FN6O3S. The number of fused-ring (bicyclic) bond motifs is 1. The number of hydrogen-bond acceptors (Lipinski definition) is 7. The van der Waals surface area contributed by atoms with E-state index in [1.807, 2.05) is 0 Å². The van der Waals surface area contributed by atoms with Crippen molar-refractivity contribution in [3.8, 4) is 0 Å². The van der Waals surface area contributed by atoms with Gasteiger partial charge in [0, 0.05) is 54.4 Å². The number of methoxy groups -OCH3 is 1. The van der Waals surface area contributed by atoms with Gasteiger partial charge in [0.15, 0.2) is 5.65 Å². The molecule has 0 fully saturated rings. The standard InChI is InChI=1S/C21H25FN6O3S/c1-24-16-8-12(22)4-5-14(16)18(23)17-10-26-20-19(28-17)15(9-25-20)21(29)27-13(11-31-2)6-7-32(3)30/h4-5,8-10,13,23-24H,6-7,11H2,1-3H3,(H,25,26)(H,27,29). The molecule has 1 amide bonds. The summed E-state index contributed by atoms with van der Waals surface area (Å²) >= 11 is 0. The Labute approximate surface area is 187 Å². The lowest BCUT2D eigenvalue weighted by molar-refractivity contribution is 0.0896. The molecule has 2 unspecified atom stereocenters. The maximum atomic E-state index is 13.6. The van der Waals surface area contributed by atoms with Gasteiger partial charge < -0.3 is 20.4 Å². The summed E-state index contributed by atoms with van der Waals surface area (Å²) in [6.07, 6.45) is 5.05. The molecule has 4 N–H and O–H groups in total. The third kappa shape index (κ3) is 5.35. The van der Waals surface area contributed by atoms with Crippen LogP contribution in [0.4, 0.5) is 10.1 Å². The fourth-order valence-corrected chi connectivity index (χ4v) is 3.85. The Hall–Kier alpha value is -3.18. The van der Waals surface area contributed by atoms with E-state index in [4.69, 9.17) is 10.1 Å². The molecule has 0 aliphatic heterocycles. The highest BCUT2D eigenvalue weighted by molar-refractivity contribution is 7.84. The van der Waals surface area contributed by atoms with Crippen molar-refractivity contribution in [3.05, 3.63) is 53.2 Å². The summed E-state index contributed by atoms with van der Waals surface area (Å²) in [6.45, 7) is 0.282. The number of carbonyl (C=O) groups excluding carboxylic acids is 1. The van der Waals surface area contributed by atoms with Crippen molar-refractivity contribution in [3.63, 3.8) is 0 Å². The van der Waals surface area contributed by atoms with E-state index in [1.165, 1.54) is 37.7 Å². The number of aromatic amines is 1. The van der Waals surface area contributed by atoms with Crippen molar-refractivity contribution in [1.82, 2.24) is 20.3 Å². The molecule has 2 heterocycles. The second kappa shape index (κ2) is 10.4. The minimum atomic E-state index is -0.982. The maximum Gasteiger partial charge on any atom is 0.255 e. The fraction of sp³-hybridized carbons (Fsp3) is 0.333. The first kappa shape index (κ1) is 23.5. The molecule has 3 rings (SSSR count). The number of hydrogen-bond donors (Lipinski definition) is 4. The minimum absolute atomic E-state index is 0.0407. The van der Waals surface area contributed by atoms with Crippen molar-refractivity contribution in [2.75, 3.05) is 38.1 Å². The van der Waals surface area contributed by atoms with Crippen LogP contribution in [-0.4, -0.2) is 69.6 Å². The zero-order chi connectivity index (χ0) is 23.3. The SMILES string of the molecule is CNc1cc(F)ccc1C(=N)c1cnc2[nH]cc(C(=O)NC(CCS(C)=O)COC)c2n1. The normalized spacial score (nSPS) is 13.0. The molecule has 9 nitrogen and oxygen atoms in total. The zero-order valence-electron chi connectivity index (χ0n) is 18.0. The molecule has 1 aromatic carbocycles. The fourth-order valence-electron chi connectivity index (χ4n) is 3.23. The Balaban J connectivity index is 1.89. The van der Waals surface area contributed by atoms with Crippen molar-refractivity contribution in [2.45, 2.75) is 12.5 Å². The van der Waals surface area contributed by atoms with Crippen molar-refractivity contribution in [1.29, 1.82) is 5.41 Å². The topological polar surface area (TPSA) is 133 Å². The molecule has 0 bridgehead atoms. The van der Waals surface area contributed by atoms with Crippen LogP contribution < -0.4 is 10.6 Å². The number of amides is 1. The Bertz CT molecular complexity index is 1170. The van der Waals surface area contributed by atoms with E-state index >= 15 is 0 Å². The van der Waals surface area contributed by atoms with Gasteiger partial charge in [0.1, 0.15) is 17.0 Å². The number of carbonyl (C=O) groups is 1. The largest absolute Gasteiger partial charge is 0.387 e. The number of rotatable bonds is 10. The van der Waals surface area contributed by atoms with Gasteiger partial charge in [0.25, 0.3) is 5.91 Å². The molecule has 0 aliphatic rings. The molecule has 0 spiro atoms. The summed E-state index contributed by atoms with van der Waals surface area (Å²) < 4.78 is 30.1. The molecule has 0 saturated carbocycles. The lowest BCUT2D eigenvalue weighted by atomic mass is 10.1. The lowest BCUT2D eigenvalue weighted by Crippen LogP contribution is -2.39. The van der Waals surface area contributed by atoms with Crippen LogP contribution >= 0.6 is 0 Å². The molecule has 0 aliphatic carbocycles. The third-order valence-corrected chi connectivity index (χ3v) is 5.67. The first-order chi connectivity index (χ1) is 15.3. The van der Waals surface area contributed by atoms with E-state index < -0.39 is 16.6 Å². The van der Waals surface area contributed by atoms with Gasteiger partial charge in [-0.2, -0.15) is 0 Å². The van der Waals surface area contributed by atoms with Gasteiger partial charge in [0.05, 0.1) is 30.1 Å². The third-order valence-electron chi connectivity index (χ3n) is 4.86. The number of H-pyrrole nitrogens is 1. The van der Waals surface area contributed by atoms with E-state index in [2.05, 4.69) is 25.6 Å². The summed E-state index contributed by atoms with van der Waals surface area (Å²) in [6, 6.07) is 3.75. The molecule has 32 heavy (non-hydrogen) atoms. The number of nitrogens with zero attached hydrogens (tertiary/aromatic N) is 2. The van der Waals surface area contributed by atoms with E-state index in [-0.39, 0.29) is 35.5 Å². The van der Waals surface area contributed by atoms with Crippen molar-refractivity contribution < 1.29 is 18.1 Å². The van der Waals surface area contributed by atoms with Crippen LogP contribution in [0, 0.1) is 11.2 Å². The summed E-state index contributed by atoms with van der Waals surface area (Å²) in [5.74, 6) is -0.361. The van der Waals surface area contributed by atoms with Crippen LogP contribution in [0.5, 0.6) is 0 Å². The van der Waals surface area contributed by atoms with Gasteiger partial charge in [0.2, 0.25) is 0 Å². The maximum absolute atomic E-state index is 13.6. The molecule has 170 valence electrons. The highest BCUT2D eigenvalue weighted by atomic mass is 32.2. The van der Waals surface area contributed by atoms with E-state index in [0.717, 1.165) is 0 Å².